The van der Waals surface area contributed by atoms with Crippen LogP contribution >= 0.6 is 11.3 Å². The minimum Gasteiger partial charge on any atom is -0.383 e. The molecule has 150 valence electrons. The number of amides is 1. The van der Waals surface area contributed by atoms with Gasteiger partial charge in [-0.15, -0.1) is 0 Å². The lowest BCUT2D eigenvalue weighted by Gasteiger charge is -2.05. The molecule has 0 fully saturated rings. The van der Waals surface area contributed by atoms with Gasteiger partial charge < -0.3 is 9.30 Å². The van der Waals surface area contributed by atoms with Crippen LogP contribution in [0.2, 0.25) is 0 Å². The van der Waals surface area contributed by atoms with Gasteiger partial charge in [-0.2, -0.15) is 4.99 Å². The van der Waals surface area contributed by atoms with Crippen molar-refractivity contribution in [3.63, 3.8) is 0 Å². The number of non-ortho nitro benzene ring substituents is 1. The fraction of sp³-hybridized carbons (Fsp3) is 0.238. The molecule has 1 aromatic heterocycles. The molecule has 1 heterocycles. The molecule has 7 nitrogen and oxygen atoms in total. The smallest absolute Gasteiger partial charge is 0.272 e. The average Bonchev–Trinajstić information content (AvgIpc) is 3.02. The molecule has 1 amide bonds. The average molecular weight is 411 g/mol. The number of carbonyl (C=O) groups excluding carboxylic acids is 1. The first kappa shape index (κ1) is 20.6. The first-order valence-electron chi connectivity index (χ1n) is 9.00. The number of nitro benzene ring substituents is 1. The number of aromatic nitrogens is 1. The molecule has 0 atom stereocenters. The van der Waals surface area contributed by atoms with Gasteiger partial charge in [0, 0.05) is 31.9 Å². The third-order valence-electron chi connectivity index (χ3n) is 4.36. The van der Waals surface area contributed by atoms with Crippen LogP contribution in [-0.4, -0.2) is 29.1 Å². The number of carbonyl (C=O) groups is 1. The van der Waals surface area contributed by atoms with Crippen LogP contribution in [0.1, 0.15) is 16.7 Å². The number of fused-ring (bicyclic) bond motifs is 1. The van der Waals surface area contributed by atoms with Crippen LogP contribution in [0.5, 0.6) is 0 Å². The molecule has 8 heteroatoms. The Kier molecular flexibility index (Phi) is 6.36. The predicted octanol–water partition coefficient (Wildman–Crippen LogP) is 4.01. The minimum absolute atomic E-state index is 0.00767. The van der Waals surface area contributed by atoms with E-state index in [-0.39, 0.29) is 5.69 Å². The highest BCUT2D eigenvalue weighted by molar-refractivity contribution is 7.16. The highest BCUT2D eigenvalue weighted by atomic mass is 32.1. The zero-order valence-corrected chi connectivity index (χ0v) is 17.2. The maximum absolute atomic E-state index is 12.4. The number of nitrogens with zero attached hydrogens (tertiary/aromatic N) is 3. The Morgan fingerprint density at radius 1 is 1.28 bits per heavy atom. The number of benzene rings is 2. The van der Waals surface area contributed by atoms with E-state index in [4.69, 9.17) is 4.74 Å². The molecule has 0 bridgehead atoms. The molecule has 0 unspecified atom stereocenters. The number of nitro groups is 1. The van der Waals surface area contributed by atoms with Crippen molar-refractivity contribution in [2.75, 3.05) is 13.7 Å². The number of hydrogen-bond donors (Lipinski definition) is 0. The monoisotopic (exact) mass is 411 g/mol. The van der Waals surface area contributed by atoms with Crippen LogP contribution < -0.4 is 4.80 Å². The molecule has 0 radical (unpaired) electrons. The highest BCUT2D eigenvalue weighted by Gasteiger charge is 2.10. The van der Waals surface area contributed by atoms with Crippen LogP contribution in [0, 0.1) is 24.0 Å². The van der Waals surface area contributed by atoms with Gasteiger partial charge in [-0.3, -0.25) is 14.9 Å². The van der Waals surface area contributed by atoms with Crippen LogP contribution in [0.4, 0.5) is 5.69 Å². The number of ether oxygens (including phenoxy) is 1. The molecule has 3 aromatic rings. The van der Waals surface area contributed by atoms with Crippen LogP contribution in [0.3, 0.4) is 0 Å². The van der Waals surface area contributed by atoms with Crippen molar-refractivity contribution in [3.8, 4) is 0 Å². The zero-order valence-electron chi connectivity index (χ0n) is 16.4. The Bertz CT molecular complexity index is 1160. The summed E-state index contributed by atoms with van der Waals surface area (Å²) in [5, 5.41) is 10.7. The third-order valence-corrected chi connectivity index (χ3v) is 5.59. The molecule has 0 aliphatic carbocycles. The molecule has 0 saturated heterocycles. The second-order valence-electron chi connectivity index (χ2n) is 6.59. The van der Waals surface area contributed by atoms with Gasteiger partial charge in [-0.05, 0) is 54.8 Å². The first-order chi connectivity index (χ1) is 13.9. The zero-order chi connectivity index (χ0) is 21.0. The minimum atomic E-state index is -0.460. The van der Waals surface area contributed by atoms with E-state index in [0.29, 0.717) is 23.5 Å². The second-order valence-corrected chi connectivity index (χ2v) is 7.57. The molecule has 0 saturated carbocycles. The van der Waals surface area contributed by atoms with Gasteiger partial charge >= 0.3 is 0 Å². The summed E-state index contributed by atoms with van der Waals surface area (Å²) in [6.45, 7) is 5.20. The third kappa shape index (κ3) is 4.85. The Labute approximate surface area is 171 Å². The maximum atomic E-state index is 12.4. The number of thiazole rings is 1. The fourth-order valence-electron chi connectivity index (χ4n) is 3.00. The topological polar surface area (TPSA) is 86.7 Å². The largest absolute Gasteiger partial charge is 0.383 e. The van der Waals surface area contributed by atoms with E-state index in [1.54, 1.807) is 25.3 Å². The Morgan fingerprint density at radius 3 is 2.66 bits per heavy atom. The lowest BCUT2D eigenvalue weighted by Crippen LogP contribution is -2.19. The summed E-state index contributed by atoms with van der Waals surface area (Å²) in [4.78, 5) is 27.6. The summed E-state index contributed by atoms with van der Waals surface area (Å²) in [5.74, 6) is -0.393. The lowest BCUT2D eigenvalue weighted by molar-refractivity contribution is -0.384. The standard InChI is InChI=1S/C21H21N3O4S/c1-14-12-15(2)20-18(13-14)23(10-11-28-3)21(29-20)22-19(25)9-6-16-4-7-17(8-5-16)24(26)27/h4-9,12-13H,10-11H2,1-3H3/b9-6-,22-21?. The Balaban J connectivity index is 1.94. The van der Waals surface area contributed by atoms with Crippen LogP contribution in [0.25, 0.3) is 16.3 Å². The fourth-order valence-corrected chi connectivity index (χ4v) is 4.11. The van der Waals surface area contributed by atoms with E-state index in [1.807, 2.05) is 18.4 Å². The van der Waals surface area contributed by atoms with E-state index < -0.39 is 10.8 Å². The molecule has 3 rings (SSSR count). The van der Waals surface area contributed by atoms with Crippen LogP contribution in [0.15, 0.2) is 47.5 Å². The molecule has 29 heavy (non-hydrogen) atoms. The van der Waals surface area contributed by atoms with Crippen molar-refractivity contribution in [2.24, 2.45) is 4.99 Å². The van der Waals surface area contributed by atoms with Crippen molar-refractivity contribution in [2.45, 2.75) is 20.4 Å². The first-order valence-corrected chi connectivity index (χ1v) is 9.81. The van der Waals surface area contributed by atoms with Crippen LogP contribution in [-0.2, 0) is 16.1 Å². The van der Waals surface area contributed by atoms with Crippen molar-refractivity contribution in [1.29, 1.82) is 0 Å². The number of aryl methyl sites for hydroxylation is 2. The Hall–Kier alpha value is -3.10. The van der Waals surface area contributed by atoms with Gasteiger partial charge in [0.05, 0.1) is 21.7 Å². The van der Waals surface area contributed by atoms with Crippen molar-refractivity contribution in [3.05, 3.63) is 74.1 Å². The molecule has 0 N–H and O–H groups in total. The molecule has 0 aliphatic rings. The summed E-state index contributed by atoms with van der Waals surface area (Å²) in [6.07, 6.45) is 2.96. The van der Waals surface area contributed by atoms with E-state index in [0.717, 1.165) is 21.3 Å². The highest BCUT2D eigenvalue weighted by Crippen LogP contribution is 2.23. The number of rotatable bonds is 6. The van der Waals surface area contributed by atoms with Gasteiger partial charge in [0.2, 0.25) is 0 Å². The maximum Gasteiger partial charge on any atom is 0.272 e. The molecule has 0 spiro atoms. The van der Waals surface area contributed by atoms with E-state index in [2.05, 4.69) is 17.1 Å². The predicted molar refractivity (Wildman–Crippen MR) is 114 cm³/mol. The van der Waals surface area contributed by atoms with Crippen molar-refractivity contribution >= 4 is 39.2 Å². The van der Waals surface area contributed by atoms with E-state index in [1.165, 1.54) is 29.5 Å². The second kappa shape index (κ2) is 8.93. The van der Waals surface area contributed by atoms with Gasteiger partial charge in [0.25, 0.3) is 11.6 Å². The van der Waals surface area contributed by atoms with Crippen molar-refractivity contribution in [1.82, 2.24) is 4.57 Å². The summed E-state index contributed by atoms with van der Waals surface area (Å²) in [6, 6.07) is 10.2. The van der Waals surface area contributed by atoms with Gasteiger partial charge in [-0.25, -0.2) is 0 Å². The quantitative estimate of drug-likeness (QED) is 0.348. The lowest BCUT2D eigenvalue weighted by atomic mass is 10.1. The number of hydrogen-bond acceptors (Lipinski definition) is 5. The normalized spacial score (nSPS) is 12.2. The summed E-state index contributed by atoms with van der Waals surface area (Å²) >= 11 is 1.48. The summed E-state index contributed by atoms with van der Waals surface area (Å²) < 4.78 is 8.31. The van der Waals surface area contributed by atoms with Gasteiger partial charge in [0.1, 0.15) is 0 Å². The van der Waals surface area contributed by atoms with E-state index in [9.17, 15) is 14.9 Å². The van der Waals surface area contributed by atoms with E-state index >= 15 is 0 Å². The van der Waals surface area contributed by atoms with Gasteiger partial charge in [0.15, 0.2) is 4.80 Å². The summed E-state index contributed by atoms with van der Waals surface area (Å²) in [7, 11) is 1.64. The SMILES string of the molecule is COCCn1c(=NC(=O)/C=C\c2ccc([N+](=O)[O-])cc2)sc2c(C)cc(C)cc21. The summed E-state index contributed by atoms with van der Waals surface area (Å²) in [5.41, 5.74) is 4.03. The number of methoxy groups -OCH3 is 1. The van der Waals surface area contributed by atoms with Gasteiger partial charge in [-0.1, -0.05) is 17.4 Å². The van der Waals surface area contributed by atoms with Crippen molar-refractivity contribution < 1.29 is 14.5 Å². The molecular weight excluding hydrogens is 390 g/mol. The molecule has 2 aromatic carbocycles. The molecular formula is C21H21N3O4S. The molecule has 0 aliphatic heterocycles. The Morgan fingerprint density at radius 2 is 2.00 bits per heavy atom.